The maximum Gasteiger partial charge on any atom is 0.125 e. The van der Waals surface area contributed by atoms with Gasteiger partial charge in [-0.2, -0.15) is 0 Å². The molecule has 0 fully saturated rings. The third kappa shape index (κ3) is 2.49. The minimum Gasteiger partial charge on any atom is -0.467 e. The summed E-state index contributed by atoms with van der Waals surface area (Å²) in [7, 11) is 0. The first-order valence-corrected chi connectivity index (χ1v) is 6.08. The standard InChI is InChI=1S/C14H14N4O/c1-11(14-6-3-7-19-14)17-12-4-2-5-13(8-12)18-9-15-16-10-18/h2-11,17H,1H3. The van der Waals surface area contributed by atoms with Crippen molar-refractivity contribution in [3.63, 3.8) is 0 Å². The van der Waals surface area contributed by atoms with Gasteiger partial charge in [0.25, 0.3) is 0 Å². The summed E-state index contributed by atoms with van der Waals surface area (Å²) in [5.41, 5.74) is 2.04. The monoisotopic (exact) mass is 254 g/mol. The summed E-state index contributed by atoms with van der Waals surface area (Å²) < 4.78 is 7.25. The summed E-state index contributed by atoms with van der Waals surface area (Å²) in [6.07, 6.45) is 5.03. The fourth-order valence-electron chi connectivity index (χ4n) is 1.95. The lowest BCUT2D eigenvalue weighted by molar-refractivity contribution is 0.490. The summed E-state index contributed by atoms with van der Waals surface area (Å²) in [6, 6.07) is 12.0. The first-order chi connectivity index (χ1) is 9.33. The Labute approximate surface area is 110 Å². The van der Waals surface area contributed by atoms with Crippen LogP contribution in [-0.2, 0) is 0 Å². The molecule has 5 heteroatoms. The minimum absolute atomic E-state index is 0.117. The number of anilines is 1. The van der Waals surface area contributed by atoms with E-state index in [4.69, 9.17) is 4.42 Å². The number of hydrogen-bond donors (Lipinski definition) is 1. The van der Waals surface area contributed by atoms with Crippen LogP contribution in [-0.4, -0.2) is 14.8 Å². The van der Waals surface area contributed by atoms with E-state index < -0.39 is 0 Å². The van der Waals surface area contributed by atoms with Crippen molar-refractivity contribution >= 4 is 5.69 Å². The molecule has 2 aromatic heterocycles. The van der Waals surface area contributed by atoms with Gasteiger partial charge in [0, 0.05) is 5.69 Å². The molecule has 3 rings (SSSR count). The molecule has 3 aromatic rings. The molecule has 0 saturated carbocycles. The van der Waals surface area contributed by atoms with Gasteiger partial charge in [0.15, 0.2) is 0 Å². The van der Waals surface area contributed by atoms with Crippen molar-refractivity contribution < 1.29 is 4.42 Å². The average molecular weight is 254 g/mol. The average Bonchev–Trinajstić information content (AvgIpc) is 3.13. The summed E-state index contributed by atoms with van der Waals surface area (Å²) in [5.74, 6) is 0.912. The Balaban J connectivity index is 1.80. The lowest BCUT2D eigenvalue weighted by atomic mass is 10.2. The molecule has 1 atom stereocenters. The molecule has 0 amide bonds. The maximum atomic E-state index is 5.38. The van der Waals surface area contributed by atoms with E-state index in [1.165, 1.54) is 0 Å². The van der Waals surface area contributed by atoms with E-state index in [2.05, 4.69) is 22.4 Å². The van der Waals surface area contributed by atoms with E-state index >= 15 is 0 Å². The topological polar surface area (TPSA) is 55.9 Å². The highest BCUT2D eigenvalue weighted by Crippen LogP contribution is 2.21. The van der Waals surface area contributed by atoms with Gasteiger partial charge >= 0.3 is 0 Å². The number of nitrogens with zero attached hydrogens (tertiary/aromatic N) is 3. The molecule has 0 saturated heterocycles. The minimum atomic E-state index is 0.117. The van der Waals surface area contributed by atoms with Gasteiger partial charge in [-0.05, 0) is 37.3 Å². The molecule has 0 bridgehead atoms. The number of benzene rings is 1. The first kappa shape index (κ1) is 11.5. The lowest BCUT2D eigenvalue weighted by Gasteiger charge is -2.13. The van der Waals surface area contributed by atoms with Gasteiger partial charge in [0.2, 0.25) is 0 Å². The SMILES string of the molecule is CC(Nc1cccc(-n2cnnc2)c1)c1ccco1. The van der Waals surface area contributed by atoms with Crippen molar-refractivity contribution in [3.8, 4) is 5.69 Å². The largest absolute Gasteiger partial charge is 0.467 e. The third-order valence-corrected chi connectivity index (χ3v) is 2.92. The van der Waals surface area contributed by atoms with Gasteiger partial charge in [-0.1, -0.05) is 6.07 Å². The van der Waals surface area contributed by atoms with Crippen LogP contribution >= 0.6 is 0 Å². The van der Waals surface area contributed by atoms with E-state index in [0.717, 1.165) is 17.1 Å². The Bertz CT molecular complexity index is 631. The molecular formula is C14H14N4O. The molecule has 0 aliphatic carbocycles. The second-order valence-corrected chi connectivity index (χ2v) is 4.30. The molecule has 0 radical (unpaired) electrons. The molecule has 96 valence electrons. The quantitative estimate of drug-likeness (QED) is 0.777. The van der Waals surface area contributed by atoms with Crippen molar-refractivity contribution in [1.29, 1.82) is 0 Å². The van der Waals surface area contributed by atoms with Crippen LogP contribution in [0.2, 0.25) is 0 Å². The molecule has 1 N–H and O–H groups in total. The second-order valence-electron chi connectivity index (χ2n) is 4.30. The van der Waals surface area contributed by atoms with Crippen LogP contribution in [0.25, 0.3) is 5.69 Å². The van der Waals surface area contributed by atoms with Crippen LogP contribution in [0.1, 0.15) is 18.7 Å². The zero-order chi connectivity index (χ0) is 13.1. The lowest BCUT2D eigenvalue weighted by Crippen LogP contribution is -2.05. The number of furan rings is 1. The summed E-state index contributed by atoms with van der Waals surface area (Å²) in [4.78, 5) is 0. The van der Waals surface area contributed by atoms with Crippen molar-refractivity contribution in [3.05, 3.63) is 61.1 Å². The predicted octanol–water partition coefficient (Wildman–Crippen LogP) is 3.03. The molecule has 19 heavy (non-hydrogen) atoms. The van der Waals surface area contributed by atoms with Gasteiger partial charge < -0.3 is 9.73 Å². The molecular weight excluding hydrogens is 240 g/mol. The molecule has 0 spiro atoms. The smallest absolute Gasteiger partial charge is 0.125 e. The van der Waals surface area contributed by atoms with E-state index in [1.54, 1.807) is 18.9 Å². The van der Waals surface area contributed by atoms with Crippen molar-refractivity contribution in [1.82, 2.24) is 14.8 Å². The van der Waals surface area contributed by atoms with Crippen molar-refractivity contribution in [2.24, 2.45) is 0 Å². The zero-order valence-corrected chi connectivity index (χ0v) is 10.5. The van der Waals surface area contributed by atoms with Crippen LogP contribution in [0.4, 0.5) is 5.69 Å². The van der Waals surface area contributed by atoms with Gasteiger partial charge in [0.1, 0.15) is 18.4 Å². The van der Waals surface area contributed by atoms with Gasteiger partial charge in [-0.25, -0.2) is 0 Å². The predicted molar refractivity (Wildman–Crippen MR) is 72.1 cm³/mol. The van der Waals surface area contributed by atoms with Crippen LogP contribution in [0, 0.1) is 0 Å². The van der Waals surface area contributed by atoms with E-state index in [9.17, 15) is 0 Å². The molecule has 5 nitrogen and oxygen atoms in total. The van der Waals surface area contributed by atoms with Gasteiger partial charge in [-0.15, -0.1) is 10.2 Å². The van der Waals surface area contributed by atoms with Crippen molar-refractivity contribution in [2.45, 2.75) is 13.0 Å². The Kier molecular flexibility index (Phi) is 3.02. The van der Waals surface area contributed by atoms with Crippen LogP contribution in [0.15, 0.2) is 59.7 Å². The highest BCUT2D eigenvalue weighted by molar-refractivity contribution is 5.51. The van der Waals surface area contributed by atoms with E-state index in [-0.39, 0.29) is 6.04 Å². The number of hydrogen-bond acceptors (Lipinski definition) is 4. The Morgan fingerprint density at radius 3 is 2.74 bits per heavy atom. The molecule has 0 aliphatic rings. The fraction of sp³-hybridized carbons (Fsp3) is 0.143. The third-order valence-electron chi connectivity index (χ3n) is 2.92. The van der Waals surface area contributed by atoms with Gasteiger partial charge in [-0.3, -0.25) is 4.57 Å². The molecule has 1 aromatic carbocycles. The van der Waals surface area contributed by atoms with Crippen molar-refractivity contribution in [2.75, 3.05) is 5.32 Å². The highest BCUT2D eigenvalue weighted by Gasteiger charge is 2.08. The van der Waals surface area contributed by atoms with E-state index in [0.29, 0.717) is 0 Å². The maximum absolute atomic E-state index is 5.38. The van der Waals surface area contributed by atoms with Gasteiger partial charge in [0.05, 0.1) is 18.0 Å². The zero-order valence-electron chi connectivity index (χ0n) is 10.5. The number of rotatable bonds is 4. The normalized spacial score (nSPS) is 12.3. The van der Waals surface area contributed by atoms with Crippen LogP contribution in [0.5, 0.6) is 0 Å². The Hall–Kier alpha value is -2.56. The molecule has 1 unspecified atom stereocenters. The Morgan fingerprint density at radius 2 is 2.00 bits per heavy atom. The second kappa shape index (κ2) is 4.97. The Morgan fingerprint density at radius 1 is 1.16 bits per heavy atom. The molecule has 0 aliphatic heterocycles. The van der Waals surface area contributed by atoms with E-state index in [1.807, 2.05) is 41.0 Å². The first-order valence-electron chi connectivity index (χ1n) is 6.08. The van der Waals surface area contributed by atoms with Crippen LogP contribution < -0.4 is 5.32 Å². The summed E-state index contributed by atoms with van der Waals surface area (Å²) in [6.45, 7) is 2.06. The fourth-order valence-corrected chi connectivity index (χ4v) is 1.95. The number of nitrogens with one attached hydrogen (secondary N) is 1. The highest BCUT2D eigenvalue weighted by atomic mass is 16.3. The number of aromatic nitrogens is 3. The summed E-state index contributed by atoms with van der Waals surface area (Å²) >= 11 is 0. The summed E-state index contributed by atoms with van der Waals surface area (Å²) in [5, 5.41) is 11.0. The van der Waals surface area contributed by atoms with Crippen LogP contribution in [0.3, 0.4) is 0 Å². The molecule has 2 heterocycles.